The minimum atomic E-state index is 0.479. The van der Waals surface area contributed by atoms with Crippen LogP contribution in [0.1, 0.15) is 29.5 Å². The molecule has 0 aliphatic carbocycles. The fourth-order valence-corrected chi connectivity index (χ4v) is 5.21. The van der Waals surface area contributed by atoms with E-state index in [0.29, 0.717) is 6.04 Å². The monoisotopic (exact) mass is 403 g/mol. The van der Waals surface area contributed by atoms with Crippen molar-refractivity contribution in [2.45, 2.75) is 25.4 Å². The highest BCUT2D eigenvalue weighted by atomic mass is 35.5. The molecule has 2 aromatic heterocycles. The van der Waals surface area contributed by atoms with E-state index in [4.69, 9.17) is 16.6 Å². The number of hydrogen-bond acceptors (Lipinski definition) is 5. The van der Waals surface area contributed by atoms with Crippen LogP contribution in [0.5, 0.6) is 0 Å². The number of halogens is 1. The lowest BCUT2D eigenvalue weighted by Gasteiger charge is -2.26. The Morgan fingerprint density at radius 2 is 1.92 bits per heavy atom. The molecule has 0 saturated carbocycles. The van der Waals surface area contributed by atoms with Crippen molar-refractivity contribution in [3.05, 3.63) is 62.8 Å². The number of hydrogen-bond donors (Lipinski definition) is 1. The van der Waals surface area contributed by atoms with E-state index in [0.717, 1.165) is 34.4 Å². The Morgan fingerprint density at radius 1 is 1.12 bits per heavy atom. The number of benzene rings is 1. The van der Waals surface area contributed by atoms with Gasteiger partial charge in [-0.2, -0.15) is 0 Å². The lowest BCUT2D eigenvalue weighted by atomic mass is 10.2. The Hall–Kier alpha value is -1.24. The Kier molecular flexibility index (Phi) is 6.02. The van der Waals surface area contributed by atoms with E-state index >= 15 is 0 Å². The van der Waals surface area contributed by atoms with Gasteiger partial charge in [-0.05, 0) is 49.5 Å². The Balaban J connectivity index is 1.37. The molecule has 1 aliphatic heterocycles. The van der Waals surface area contributed by atoms with Crippen LogP contribution < -0.4 is 5.32 Å². The summed E-state index contributed by atoms with van der Waals surface area (Å²) in [5, 5.41) is 9.76. The minimum Gasteiger partial charge on any atom is -0.309 e. The smallest absolute Gasteiger partial charge is 0.123 e. The van der Waals surface area contributed by atoms with E-state index in [-0.39, 0.29) is 0 Å². The van der Waals surface area contributed by atoms with E-state index in [2.05, 4.69) is 33.1 Å². The van der Waals surface area contributed by atoms with Gasteiger partial charge in [0.25, 0.3) is 0 Å². The minimum absolute atomic E-state index is 0.479. The Bertz CT molecular complexity index is 808. The molecule has 136 valence electrons. The first-order valence-corrected chi connectivity index (χ1v) is 11.1. The molecule has 1 fully saturated rings. The third-order valence-electron chi connectivity index (χ3n) is 4.74. The highest BCUT2D eigenvalue weighted by molar-refractivity contribution is 7.13. The van der Waals surface area contributed by atoms with Gasteiger partial charge >= 0.3 is 0 Å². The molecule has 0 amide bonds. The zero-order chi connectivity index (χ0) is 17.8. The predicted octanol–water partition coefficient (Wildman–Crippen LogP) is 5.45. The fraction of sp³-hybridized carbons (Fsp3) is 0.350. The SMILES string of the molecule is Clc1ccc(-c2nc(CNC[C@H](c3cccs3)N3CCCC3)cs2)cc1. The summed E-state index contributed by atoms with van der Waals surface area (Å²) in [6.45, 7) is 4.19. The van der Waals surface area contributed by atoms with E-state index in [9.17, 15) is 0 Å². The summed E-state index contributed by atoms with van der Waals surface area (Å²) in [5.74, 6) is 0. The van der Waals surface area contributed by atoms with Crippen LogP contribution in [0.25, 0.3) is 10.6 Å². The first kappa shape index (κ1) is 18.1. The second kappa shape index (κ2) is 8.63. The lowest BCUT2D eigenvalue weighted by Crippen LogP contribution is -2.33. The normalized spacial score (nSPS) is 16.2. The number of likely N-dealkylation sites (tertiary alicyclic amines) is 1. The standard InChI is InChI=1S/C20H22ClN3S2/c21-16-7-5-15(6-8-16)20-23-17(14-26-20)12-22-13-18(19-4-3-11-25-19)24-9-1-2-10-24/h3-8,11,14,18,22H,1-2,9-10,12-13H2/t18-/m1/s1. The van der Waals surface area contributed by atoms with Crippen molar-refractivity contribution >= 4 is 34.3 Å². The van der Waals surface area contributed by atoms with E-state index in [1.54, 1.807) is 11.3 Å². The molecule has 1 saturated heterocycles. The molecule has 1 aliphatic rings. The summed E-state index contributed by atoms with van der Waals surface area (Å²) >= 11 is 9.52. The number of nitrogens with one attached hydrogen (secondary N) is 1. The summed E-state index contributed by atoms with van der Waals surface area (Å²) in [5.41, 5.74) is 2.23. The molecule has 0 unspecified atom stereocenters. The number of rotatable bonds is 7. The number of nitrogens with zero attached hydrogens (tertiary/aromatic N) is 2. The summed E-state index contributed by atoms with van der Waals surface area (Å²) < 4.78 is 0. The van der Waals surface area contributed by atoms with Crippen molar-refractivity contribution in [1.29, 1.82) is 0 Å². The van der Waals surface area contributed by atoms with Gasteiger partial charge in [0.05, 0.1) is 11.7 Å². The van der Waals surface area contributed by atoms with E-state index in [1.165, 1.54) is 30.8 Å². The van der Waals surface area contributed by atoms with Gasteiger partial charge in [-0.3, -0.25) is 4.90 Å². The molecular weight excluding hydrogens is 382 g/mol. The van der Waals surface area contributed by atoms with Gasteiger partial charge in [0, 0.05) is 33.9 Å². The van der Waals surface area contributed by atoms with Crippen LogP contribution >= 0.6 is 34.3 Å². The largest absolute Gasteiger partial charge is 0.309 e. The van der Waals surface area contributed by atoms with Gasteiger partial charge in [-0.15, -0.1) is 22.7 Å². The molecule has 3 aromatic rings. The van der Waals surface area contributed by atoms with Gasteiger partial charge < -0.3 is 5.32 Å². The average molecular weight is 404 g/mol. The quantitative estimate of drug-likeness (QED) is 0.568. The second-order valence-corrected chi connectivity index (χ2v) is 8.83. The lowest BCUT2D eigenvalue weighted by molar-refractivity contribution is 0.241. The summed E-state index contributed by atoms with van der Waals surface area (Å²) in [6, 6.07) is 12.8. The maximum Gasteiger partial charge on any atom is 0.123 e. The highest BCUT2D eigenvalue weighted by Crippen LogP contribution is 2.28. The van der Waals surface area contributed by atoms with Crippen LogP contribution in [0, 0.1) is 0 Å². The molecule has 0 bridgehead atoms. The zero-order valence-electron chi connectivity index (χ0n) is 14.5. The van der Waals surface area contributed by atoms with Gasteiger partial charge in [-0.25, -0.2) is 4.98 Å². The third-order valence-corrected chi connectivity index (χ3v) is 6.91. The van der Waals surface area contributed by atoms with Crippen molar-refractivity contribution in [2.24, 2.45) is 0 Å². The van der Waals surface area contributed by atoms with E-state index in [1.807, 2.05) is 35.6 Å². The molecule has 3 heterocycles. The molecule has 1 N–H and O–H groups in total. The molecule has 0 radical (unpaired) electrons. The predicted molar refractivity (Wildman–Crippen MR) is 112 cm³/mol. The Morgan fingerprint density at radius 3 is 2.65 bits per heavy atom. The number of thiophene rings is 1. The zero-order valence-corrected chi connectivity index (χ0v) is 16.9. The van der Waals surface area contributed by atoms with Crippen molar-refractivity contribution in [3.63, 3.8) is 0 Å². The van der Waals surface area contributed by atoms with Crippen LogP contribution in [0.15, 0.2) is 47.2 Å². The molecule has 4 rings (SSSR count). The average Bonchev–Trinajstić information content (AvgIpc) is 3.41. The molecule has 1 atom stereocenters. The molecule has 0 spiro atoms. The van der Waals surface area contributed by atoms with Crippen LogP contribution in [0.3, 0.4) is 0 Å². The van der Waals surface area contributed by atoms with Crippen LogP contribution in [0.4, 0.5) is 0 Å². The summed E-state index contributed by atoms with van der Waals surface area (Å²) in [7, 11) is 0. The highest BCUT2D eigenvalue weighted by Gasteiger charge is 2.23. The number of aromatic nitrogens is 1. The number of thiazole rings is 1. The van der Waals surface area contributed by atoms with Crippen molar-refractivity contribution in [3.8, 4) is 10.6 Å². The molecule has 3 nitrogen and oxygen atoms in total. The molecule has 6 heteroatoms. The maximum absolute atomic E-state index is 5.97. The summed E-state index contributed by atoms with van der Waals surface area (Å²) in [6.07, 6.45) is 2.64. The van der Waals surface area contributed by atoms with Crippen LogP contribution in [0.2, 0.25) is 5.02 Å². The topological polar surface area (TPSA) is 28.2 Å². The van der Waals surface area contributed by atoms with Gasteiger partial charge in [0.1, 0.15) is 5.01 Å². The molecule has 26 heavy (non-hydrogen) atoms. The third kappa shape index (κ3) is 4.35. The van der Waals surface area contributed by atoms with Crippen molar-refractivity contribution < 1.29 is 0 Å². The van der Waals surface area contributed by atoms with Crippen LogP contribution in [-0.2, 0) is 6.54 Å². The first-order chi connectivity index (χ1) is 12.8. The van der Waals surface area contributed by atoms with Crippen molar-refractivity contribution in [1.82, 2.24) is 15.2 Å². The molecular formula is C20H22ClN3S2. The Labute approximate surface area is 167 Å². The maximum atomic E-state index is 5.97. The van der Waals surface area contributed by atoms with E-state index < -0.39 is 0 Å². The molecule has 1 aromatic carbocycles. The summed E-state index contributed by atoms with van der Waals surface area (Å²) in [4.78, 5) is 8.84. The van der Waals surface area contributed by atoms with Gasteiger partial charge in [-0.1, -0.05) is 29.8 Å². The van der Waals surface area contributed by atoms with Crippen molar-refractivity contribution in [2.75, 3.05) is 19.6 Å². The van der Waals surface area contributed by atoms with Crippen LogP contribution in [-0.4, -0.2) is 29.5 Å². The van der Waals surface area contributed by atoms with Gasteiger partial charge in [0.2, 0.25) is 0 Å². The first-order valence-electron chi connectivity index (χ1n) is 8.98. The fourth-order valence-electron chi connectivity index (χ4n) is 3.39. The second-order valence-electron chi connectivity index (χ2n) is 6.56. The van der Waals surface area contributed by atoms with Gasteiger partial charge in [0.15, 0.2) is 0 Å².